The van der Waals surface area contributed by atoms with Crippen molar-refractivity contribution in [1.82, 2.24) is 14.4 Å². The maximum absolute atomic E-state index is 12.9. The summed E-state index contributed by atoms with van der Waals surface area (Å²) < 4.78 is 32.3. The van der Waals surface area contributed by atoms with Gasteiger partial charge in [0.2, 0.25) is 10.0 Å². The van der Waals surface area contributed by atoms with Crippen LogP contribution in [0.25, 0.3) is 0 Å². The standard InChI is InChI=1S/C18H21Cl2N3O4S/c1-11(2)17-16(12(3)21-27-17)18(24)22-6-8-23(9-7-22)28(25,26)13-4-5-14(19)15(20)10-13/h4-5,10-11H,6-9H2,1-3H3. The Labute approximate surface area is 174 Å². The first kappa shape index (κ1) is 21.1. The Bertz CT molecular complexity index is 996. The summed E-state index contributed by atoms with van der Waals surface area (Å²) in [7, 11) is -3.71. The maximum atomic E-state index is 12.9. The van der Waals surface area contributed by atoms with E-state index in [1.165, 1.54) is 22.5 Å². The average molecular weight is 446 g/mol. The molecule has 1 aliphatic heterocycles. The lowest BCUT2D eigenvalue weighted by atomic mass is 10.0. The van der Waals surface area contributed by atoms with Crippen LogP contribution in [0.1, 0.15) is 41.6 Å². The number of carbonyl (C=O) groups is 1. The Hall–Kier alpha value is -1.61. The Morgan fingerprint density at radius 3 is 2.36 bits per heavy atom. The van der Waals surface area contributed by atoms with Gasteiger partial charge in [0.1, 0.15) is 5.56 Å². The molecule has 1 saturated heterocycles. The number of halogens is 2. The smallest absolute Gasteiger partial charge is 0.259 e. The summed E-state index contributed by atoms with van der Waals surface area (Å²) in [5.41, 5.74) is 1.01. The van der Waals surface area contributed by atoms with Crippen molar-refractivity contribution in [3.8, 4) is 0 Å². The van der Waals surface area contributed by atoms with Crippen LogP contribution < -0.4 is 0 Å². The molecule has 0 saturated carbocycles. The van der Waals surface area contributed by atoms with E-state index < -0.39 is 10.0 Å². The molecule has 3 rings (SSSR count). The van der Waals surface area contributed by atoms with Crippen molar-refractivity contribution in [3.05, 3.63) is 45.3 Å². The number of hydrogen-bond donors (Lipinski definition) is 0. The van der Waals surface area contributed by atoms with Crippen LogP contribution in [0.3, 0.4) is 0 Å². The van der Waals surface area contributed by atoms with Crippen LogP contribution in [-0.2, 0) is 10.0 Å². The van der Waals surface area contributed by atoms with Crippen LogP contribution in [0.5, 0.6) is 0 Å². The van der Waals surface area contributed by atoms with E-state index in [-0.39, 0.29) is 47.9 Å². The molecule has 0 bridgehead atoms. The third-order valence-electron chi connectivity index (χ3n) is 4.68. The van der Waals surface area contributed by atoms with Crippen molar-refractivity contribution in [2.24, 2.45) is 0 Å². The fourth-order valence-corrected chi connectivity index (χ4v) is 4.93. The molecule has 1 aromatic carbocycles. The second-order valence-corrected chi connectivity index (χ2v) is 9.69. The van der Waals surface area contributed by atoms with Gasteiger partial charge in [0.15, 0.2) is 5.76 Å². The minimum absolute atomic E-state index is 0.0245. The summed E-state index contributed by atoms with van der Waals surface area (Å²) in [5.74, 6) is 0.388. The predicted octanol–water partition coefficient (Wildman–Crippen LogP) is 3.56. The Kier molecular flexibility index (Phi) is 6.05. The van der Waals surface area contributed by atoms with Crippen LogP contribution in [0, 0.1) is 6.92 Å². The molecule has 28 heavy (non-hydrogen) atoms. The first-order valence-corrected chi connectivity index (χ1v) is 11.0. The quantitative estimate of drug-likeness (QED) is 0.717. The minimum Gasteiger partial charge on any atom is -0.360 e. The van der Waals surface area contributed by atoms with Gasteiger partial charge in [-0.3, -0.25) is 4.79 Å². The van der Waals surface area contributed by atoms with Crippen LogP contribution in [0.15, 0.2) is 27.6 Å². The SMILES string of the molecule is Cc1noc(C(C)C)c1C(=O)N1CCN(S(=O)(=O)c2ccc(Cl)c(Cl)c2)CC1. The van der Waals surface area contributed by atoms with E-state index in [9.17, 15) is 13.2 Å². The highest BCUT2D eigenvalue weighted by Gasteiger charge is 2.33. The Morgan fingerprint density at radius 2 is 1.79 bits per heavy atom. The third kappa shape index (κ3) is 3.91. The third-order valence-corrected chi connectivity index (χ3v) is 7.32. The first-order chi connectivity index (χ1) is 13.1. The van der Waals surface area contributed by atoms with E-state index in [4.69, 9.17) is 27.7 Å². The Morgan fingerprint density at radius 1 is 1.14 bits per heavy atom. The van der Waals surface area contributed by atoms with Gasteiger partial charge in [-0.15, -0.1) is 0 Å². The van der Waals surface area contributed by atoms with Gasteiger partial charge < -0.3 is 9.42 Å². The molecule has 1 aliphatic rings. The molecule has 152 valence electrons. The molecule has 0 N–H and O–H groups in total. The Balaban J connectivity index is 1.75. The number of hydrogen-bond acceptors (Lipinski definition) is 5. The number of sulfonamides is 1. The zero-order valence-electron chi connectivity index (χ0n) is 15.8. The fourth-order valence-electron chi connectivity index (χ4n) is 3.12. The zero-order valence-corrected chi connectivity index (χ0v) is 18.1. The average Bonchev–Trinajstić information content (AvgIpc) is 3.05. The van der Waals surface area contributed by atoms with Crippen molar-refractivity contribution in [1.29, 1.82) is 0 Å². The molecule has 1 amide bonds. The number of amides is 1. The summed E-state index contributed by atoms with van der Waals surface area (Å²) >= 11 is 11.8. The van der Waals surface area contributed by atoms with E-state index in [2.05, 4.69) is 5.16 Å². The molecular weight excluding hydrogens is 425 g/mol. The van der Waals surface area contributed by atoms with Gasteiger partial charge in [0.05, 0.1) is 20.6 Å². The fraction of sp³-hybridized carbons (Fsp3) is 0.444. The molecule has 0 unspecified atom stereocenters. The van der Waals surface area contributed by atoms with Gasteiger partial charge in [-0.05, 0) is 25.1 Å². The number of piperazine rings is 1. The number of rotatable bonds is 4. The van der Waals surface area contributed by atoms with Crippen molar-refractivity contribution in [3.63, 3.8) is 0 Å². The lowest BCUT2D eigenvalue weighted by molar-refractivity contribution is 0.0694. The molecule has 7 nitrogen and oxygen atoms in total. The summed E-state index contributed by atoms with van der Waals surface area (Å²) in [6.07, 6.45) is 0. The molecular formula is C18H21Cl2N3O4S. The number of nitrogens with zero attached hydrogens (tertiary/aromatic N) is 3. The van der Waals surface area contributed by atoms with E-state index in [0.717, 1.165) is 0 Å². The van der Waals surface area contributed by atoms with Gasteiger partial charge in [0, 0.05) is 32.1 Å². The highest BCUT2D eigenvalue weighted by atomic mass is 35.5. The second-order valence-electron chi connectivity index (χ2n) is 6.93. The highest BCUT2D eigenvalue weighted by molar-refractivity contribution is 7.89. The summed E-state index contributed by atoms with van der Waals surface area (Å²) in [5, 5.41) is 4.38. The van der Waals surface area contributed by atoms with E-state index in [1.54, 1.807) is 11.8 Å². The normalized spacial score (nSPS) is 16.0. The van der Waals surface area contributed by atoms with Crippen molar-refractivity contribution in [2.75, 3.05) is 26.2 Å². The lowest BCUT2D eigenvalue weighted by Gasteiger charge is -2.34. The lowest BCUT2D eigenvalue weighted by Crippen LogP contribution is -2.50. The number of aryl methyl sites for hydroxylation is 1. The van der Waals surface area contributed by atoms with Gasteiger partial charge in [-0.1, -0.05) is 42.2 Å². The van der Waals surface area contributed by atoms with Crippen molar-refractivity contribution in [2.45, 2.75) is 31.6 Å². The first-order valence-electron chi connectivity index (χ1n) is 8.83. The number of benzene rings is 1. The van der Waals surface area contributed by atoms with Crippen LogP contribution in [0.2, 0.25) is 10.0 Å². The number of carbonyl (C=O) groups excluding carboxylic acids is 1. The zero-order chi connectivity index (χ0) is 20.6. The van der Waals surface area contributed by atoms with Gasteiger partial charge in [-0.2, -0.15) is 4.31 Å². The predicted molar refractivity (Wildman–Crippen MR) is 106 cm³/mol. The molecule has 1 aromatic heterocycles. The van der Waals surface area contributed by atoms with Gasteiger partial charge in [-0.25, -0.2) is 8.42 Å². The molecule has 0 radical (unpaired) electrons. The van der Waals surface area contributed by atoms with E-state index >= 15 is 0 Å². The van der Waals surface area contributed by atoms with Crippen LogP contribution >= 0.6 is 23.2 Å². The van der Waals surface area contributed by atoms with Crippen LogP contribution in [0.4, 0.5) is 0 Å². The minimum atomic E-state index is -3.71. The maximum Gasteiger partial charge on any atom is 0.259 e. The van der Waals surface area contributed by atoms with Crippen molar-refractivity contribution < 1.29 is 17.7 Å². The molecule has 10 heteroatoms. The van der Waals surface area contributed by atoms with Gasteiger partial charge >= 0.3 is 0 Å². The summed E-state index contributed by atoms with van der Waals surface area (Å²) in [4.78, 5) is 14.7. The largest absolute Gasteiger partial charge is 0.360 e. The highest BCUT2D eigenvalue weighted by Crippen LogP contribution is 2.28. The molecule has 1 fully saturated rings. The molecule has 0 aliphatic carbocycles. The second kappa shape index (κ2) is 8.02. The van der Waals surface area contributed by atoms with Crippen molar-refractivity contribution >= 4 is 39.1 Å². The molecule has 0 atom stereocenters. The number of aromatic nitrogens is 1. The van der Waals surface area contributed by atoms with E-state index in [0.29, 0.717) is 22.0 Å². The molecule has 2 heterocycles. The topological polar surface area (TPSA) is 83.7 Å². The van der Waals surface area contributed by atoms with Crippen LogP contribution in [-0.4, -0.2) is 54.9 Å². The summed E-state index contributed by atoms with van der Waals surface area (Å²) in [6, 6.07) is 4.22. The summed E-state index contributed by atoms with van der Waals surface area (Å²) in [6.45, 7) is 6.53. The molecule has 2 aromatic rings. The van der Waals surface area contributed by atoms with Gasteiger partial charge in [0.25, 0.3) is 5.91 Å². The molecule has 0 spiro atoms. The van der Waals surface area contributed by atoms with E-state index in [1.807, 2.05) is 13.8 Å². The monoisotopic (exact) mass is 445 g/mol.